The van der Waals surface area contributed by atoms with Crippen LogP contribution in [0.4, 0.5) is 0 Å². The Kier molecular flexibility index (Phi) is 5.25. The van der Waals surface area contributed by atoms with Gasteiger partial charge >= 0.3 is 0 Å². The lowest BCUT2D eigenvalue weighted by Gasteiger charge is -2.14. The molecule has 2 heterocycles. The maximum absolute atomic E-state index is 6.20. The molecule has 0 N–H and O–H groups in total. The van der Waals surface area contributed by atoms with Gasteiger partial charge in [0.2, 0.25) is 0 Å². The molecule has 0 spiro atoms. The number of benzene rings is 6. The molecule has 2 aromatic heterocycles. The van der Waals surface area contributed by atoms with Gasteiger partial charge in [-0.2, -0.15) is 0 Å². The summed E-state index contributed by atoms with van der Waals surface area (Å²) in [6.07, 6.45) is 0. The first-order chi connectivity index (χ1) is 19.7. The number of para-hydroxylation sites is 1. The van der Waals surface area contributed by atoms with Crippen LogP contribution in [0.5, 0.6) is 0 Å². The summed E-state index contributed by atoms with van der Waals surface area (Å²) in [6, 6.07) is 41.1. The first-order valence-electron chi connectivity index (χ1n) is 13.1. The largest absolute Gasteiger partial charge is 0.456 e. The number of aromatic nitrogens is 3. The van der Waals surface area contributed by atoms with Crippen molar-refractivity contribution < 1.29 is 4.42 Å². The van der Waals surface area contributed by atoms with Crippen molar-refractivity contribution in [3.05, 3.63) is 126 Å². The molecule has 0 fully saturated rings. The molecule has 5 heteroatoms. The standard InChI is InChI=1S/C35H20BrN3O/c36-32-27-15-6-4-13-25(27)31(26-14-5-7-16-28(26)32)35-38-33(21-10-2-1-3-11-21)37-34(39-35)22-18-19-24-23-12-8-9-17-29(23)40-30(24)20-22/h1-20H. The number of nitrogens with zero attached hydrogens (tertiary/aromatic N) is 3. The summed E-state index contributed by atoms with van der Waals surface area (Å²) in [7, 11) is 0. The Hall–Kier alpha value is -4.87. The molecule has 8 aromatic rings. The summed E-state index contributed by atoms with van der Waals surface area (Å²) >= 11 is 3.87. The van der Waals surface area contributed by atoms with E-state index in [2.05, 4.69) is 82.7 Å². The van der Waals surface area contributed by atoms with Gasteiger partial charge in [-0.3, -0.25) is 0 Å². The minimum absolute atomic E-state index is 0.599. The van der Waals surface area contributed by atoms with Crippen molar-refractivity contribution in [2.75, 3.05) is 0 Å². The predicted octanol–water partition coefficient (Wildman–Crippen LogP) is 9.84. The molecule has 0 aliphatic carbocycles. The molecule has 0 aliphatic rings. The second-order valence-electron chi connectivity index (χ2n) is 9.76. The molecule has 0 amide bonds. The maximum Gasteiger partial charge on any atom is 0.165 e. The fourth-order valence-corrected chi connectivity index (χ4v) is 6.21. The summed E-state index contributed by atoms with van der Waals surface area (Å²) in [4.78, 5) is 15.1. The molecule has 0 aliphatic heterocycles. The predicted molar refractivity (Wildman–Crippen MR) is 166 cm³/mol. The fourth-order valence-electron chi connectivity index (χ4n) is 5.51. The molecule has 6 aromatic carbocycles. The van der Waals surface area contributed by atoms with Gasteiger partial charge in [0.15, 0.2) is 17.5 Å². The number of hydrogen-bond acceptors (Lipinski definition) is 4. The Bertz CT molecular complexity index is 2180. The quantitative estimate of drug-likeness (QED) is 0.196. The number of fused-ring (bicyclic) bond motifs is 5. The highest BCUT2D eigenvalue weighted by Crippen LogP contribution is 2.41. The van der Waals surface area contributed by atoms with Crippen molar-refractivity contribution in [2.45, 2.75) is 0 Å². The average molecular weight is 578 g/mol. The van der Waals surface area contributed by atoms with Crippen molar-refractivity contribution >= 4 is 59.4 Å². The molecule has 0 saturated heterocycles. The van der Waals surface area contributed by atoms with Crippen LogP contribution in [0.2, 0.25) is 0 Å². The monoisotopic (exact) mass is 577 g/mol. The molecule has 0 bridgehead atoms. The van der Waals surface area contributed by atoms with Crippen LogP contribution >= 0.6 is 15.9 Å². The average Bonchev–Trinajstić information content (AvgIpc) is 3.39. The number of rotatable bonds is 3. The van der Waals surface area contributed by atoms with E-state index in [-0.39, 0.29) is 0 Å². The van der Waals surface area contributed by atoms with Crippen LogP contribution in [0.3, 0.4) is 0 Å². The topological polar surface area (TPSA) is 51.8 Å². The van der Waals surface area contributed by atoms with Crippen LogP contribution < -0.4 is 0 Å². The molecular formula is C35H20BrN3O. The lowest BCUT2D eigenvalue weighted by atomic mass is 9.96. The Morgan fingerprint density at radius 2 is 0.950 bits per heavy atom. The van der Waals surface area contributed by atoms with E-state index in [9.17, 15) is 0 Å². The van der Waals surface area contributed by atoms with E-state index in [0.29, 0.717) is 17.5 Å². The molecule has 0 atom stereocenters. The van der Waals surface area contributed by atoms with E-state index in [1.54, 1.807) is 0 Å². The molecule has 188 valence electrons. The van der Waals surface area contributed by atoms with Gasteiger partial charge in [-0.15, -0.1) is 0 Å². The molecule has 40 heavy (non-hydrogen) atoms. The lowest BCUT2D eigenvalue weighted by Crippen LogP contribution is -2.01. The Balaban J connectivity index is 1.44. The summed E-state index contributed by atoms with van der Waals surface area (Å²) in [5, 5.41) is 6.56. The molecule has 4 nitrogen and oxygen atoms in total. The van der Waals surface area contributed by atoms with Gasteiger partial charge in [0.05, 0.1) is 0 Å². The molecule has 0 radical (unpaired) electrons. The van der Waals surface area contributed by atoms with E-state index >= 15 is 0 Å². The zero-order chi connectivity index (χ0) is 26.6. The number of halogens is 1. The second kappa shape index (κ2) is 9.11. The highest BCUT2D eigenvalue weighted by molar-refractivity contribution is 9.10. The first kappa shape index (κ1) is 23.1. The second-order valence-corrected chi connectivity index (χ2v) is 10.6. The zero-order valence-corrected chi connectivity index (χ0v) is 22.8. The van der Waals surface area contributed by atoms with Crippen molar-refractivity contribution in [3.63, 3.8) is 0 Å². The minimum atomic E-state index is 0.599. The van der Waals surface area contributed by atoms with E-state index in [1.807, 2.05) is 54.6 Å². The van der Waals surface area contributed by atoms with Gasteiger partial charge in [-0.25, -0.2) is 15.0 Å². The van der Waals surface area contributed by atoms with Crippen LogP contribution in [0.25, 0.3) is 77.6 Å². The maximum atomic E-state index is 6.20. The third-order valence-electron chi connectivity index (χ3n) is 7.39. The van der Waals surface area contributed by atoms with E-state index in [4.69, 9.17) is 19.4 Å². The third-order valence-corrected chi connectivity index (χ3v) is 8.25. The number of hydrogen-bond donors (Lipinski definition) is 0. The summed E-state index contributed by atoms with van der Waals surface area (Å²) < 4.78 is 7.26. The van der Waals surface area contributed by atoms with Gasteiger partial charge in [0.1, 0.15) is 11.2 Å². The van der Waals surface area contributed by atoms with Gasteiger partial charge in [0.25, 0.3) is 0 Å². The Morgan fingerprint density at radius 3 is 1.65 bits per heavy atom. The molecule has 8 rings (SSSR count). The van der Waals surface area contributed by atoms with Gasteiger partial charge in [-0.1, -0.05) is 103 Å². The first-order valence-corrected chi connectivity index (χ1v) is 13.9. The number of furan rings is 1. The summed E-state index contributed by atoms with van der Waals surface area (Å²) in [5.41, 5.74) is 4.46. The Morgan fingerprint density at radius 1 is 0.425 bits per heavy atom. The van der Waals surface area contributed by atoms with Crippen molar-refractivity contribution in [1.29, 1.82) is 0 Å². The highest BCUT2D eigenvalue weighted by Gasteiger charge is 2.19. The van der Waals surface area contributed by atoms with Crippen molar-refractivity contribution in [1.82, 2.24) is 15.0 Å². The van der Waals surface area contributed by atoms with Gasteiger partial charge in [0, 0.05) is 31.9 Å². The third kappa shape index (κ3) is 3.63. The smallest absolute Gasteiger partial charge is 0.165 e. The Labute approximate surface area is 238 Å². The van der Waals surface area contributed by atoms with Gasteiger partial charge in [-0.05, 0) is 55.7 Å². The van der Waals surface area contributed by atoms with E-state index in [0.717, 1.165) is 64.6 Å². The minimum Gasteiger partial charge on any atom is -0.456 e. The SMILES string of the molecule is Brc1c2ccccc2c(-c2nc(-c3ccccc3)nc(-c3ccc4c(c3)oc3ccccc34)n2)c2ccccc12. The lowest BCUT2D eigenvalue weighted by molar-refractivity contribution is 0.669. The van der Waals surface area contributed by atoms with Crippen LogP contribution in [-0.4, -0.2) is 15.0 Å². The molecular weight excluding hydrogens is 558 g/mol. The highest BCUT2D eigenvalue weighted by atomic mass is 79.9. The van der Waals surface area contributed by atoms with Crippen LogP contribution in [0.15, 0.2) is 130 Å². The van der Waals surface area contributed by atoms with Gasteiger partial charge < -0.3 is 4.42 Å². The van der Waals surface area contributed by atoms with Crippen LogP contribution in [-0.2, 0) is 0 Å². The summed E-state index contributed by atoms with van der Waals surface area (Å²) in [5.74, 6) is 1.86. The molecule has 0 saturated carbocycles. The molecule has 0 unspecified atom stereocenters. The van der Waals surface area contributed by atoms with Crippen molar-refractivity contribution in [2.24, 2.45) is 0 Å². The normalized spacial score (nSPS) is 11.6. The summed E-state index contributed by atoms with van der Waals surface area (Å²) in [6.45, 7) is 0. The zero-order valence-electron chi connectivity index (χ0n) is 21.2. The van der Waals surface area contributed by atoms with E-state index in [1.165, 1.54) is 0 Å². The van der Waals surface area contributed by atoms with Crippen LogP contribution in [0.1, 0.15) is 0 Å². The van der Waals surface area contributed by atoms with Crippen LogP contribution in [0, 0.1) is 0 Å². The van der Waals surface area contributed by atoms with Crippen molar-refractivity contribution in [3.8, 4) is 34.2 Å². The fraction of sp³-hybridized carbons (Fsp3) is 0. The van der Waals surface area contributed by atoms with E-state index < -0.39 is 0 Å².